The normalized spacial score (nSPS) is 25.8. The maximum atomic E-state index is 11.9. The molecule has 1 heterocycles. The minimum absolute atomic E-state index is 0.0421. The number of aromatic amines is 1. The van der Waals surface area contributed by atoms with Gasteiger partial charge in [-0.25, -0.2) is 0 Å². The van der Waals surface area contributed by atoms with Crippen molar-refractivity contribution in [1.82, 2.24) is 4.98 Å². The van der Waals surface area contributed by atoms with E-state index in [4.69, 9.17) is 4.99 Å². The van der Waals surface area contributed by atoms with Crippen molar-refractivity contribution in [2.24, 2.45) is 10.9 Å². The second-order valence-corrected chi connectivity index (χ2v) is 7.37. The van der Waals surface area contributed by atoms with Crippen LogP contribution < -0.4 is 5.56 Å². The molecule has 27 heavy (non-hydrogen) atoms. The van der Waals surface area contributed by atoms with Crippen LogP contribution in [-0.4, -0.2) is 11.2 Å². The molecule has 136 valence electrons. The van der Waals surface area contributed by atoms with Gasteiger partial charge in [0.15, 0.2) is 0 Å². The smallest absolute Gasteiger partial charge is 0.248 e. The van der Waals surface area contributed by atoms with Gasteiger partial charge in [-0.05, 0) is 43.5 Å². The predicted molar refractivity (Wildman–Crippen MR) is 112 cm³/mol. The molecule has 2 aliphatic rings. The molecule has 0 saturated heterocycles. The summed E-state index contributed by atoms with van der Waals surface area (Å²) in [5, 5.41) is 0. The second kappa shape index (κ2) is 6.99. The van der Waals surface area contributed by atoms with E-state index in [1.807, 2.05) is 36.6 Å². The molecule has 1 aromatic heterocycles. The van der Waals surface area contributed by atoms with Crippen LogP contribution in [0.25, 0.3) is 6.08 Å². The lowest BCUT2D eigenvalue weighted by Crippen LogP contribution is -2.40. The SMILES string of the molecule is C/C=C1\[C@H]2C=C(C)C[C@]1(N=C/C=C/c1ccccc1)c1ccc(=O)[nH]c1C2. The van der Waals surface area contributed by atoms with Gasteiger partial charge in [0.2, 0.25) is 5.56 Å². The molecule has 1 N–H and O–H groups in total. The van der Waals surface area contributed by atoms with Crippen molar-refractivity contribution < 1.29 is 0 Å². The number of fused-ring (bicyclic) bond motifs is 4. The van der Waals surface area contributed by atoms with Gasteiger partial charge in [-0.15, -0.1) is 0 Å². The zero-order valence-corrected chi connectivity index (χ0v) is 15.8. The van der Waals surface area contributed by atoms with E-state index in [0.717, 1.165) is 29.7 Å². The van der Waals surface area contributed by atoms with Crippen LogP contribution in [0.15, 0.2) is 81.6 Å². The third-order valence-corrected chi connectivity index (χ3v) is 5.55. The number of rotatable bonds is 3. The predicted octanol–water partition coefficient (Wildman–Crippen LogP) is 4.82. The molecule has 3 heteroatoms. The molecular formula is C24H24N2O. The number of aliphatic imine (C=N–C) groups is 1. The Kier molecular flexibility index (Phi) is 4.53. The summed E-state index contributed by atoms with van der Waals surface area (Å²) >= 11 is 0. The Morgan fingerprint density at radius 2 is 2.00 bits per heavy atom. The van der Waals surface area contributed by atoms with Crippen molar-refractivity contribution in [1.29, 1.82) is 0 Å². The molecule has 4 rings (SSSR count). The van der Waals surface area contributed by atoms with Crippen LogP contribution in [0.4, 0.5) is 0 Å². The van der Waals surface area contributed by atoms with Crippen LogP contribution in [0.1, 0.15) is 37.1 Å². The zero-order valence-electron chi connectivity index (χ0n) is 15.8. The van der Waals surface area contributed by atoms with E-state index < -0.39 is 5.54 Å². The summed E-state index contributed by atoms with van der Waals surface area (Å²) in [6.45, 7) is 4.28. The number of hydrogen-bond donors (Lipinski definition) is 1. The summed E-state index contributed by atoms with van der Waals surface area (Å²) in [4.78, 5) is 20.0. The lowest BCUT2D eigenvalue weighted by molar-refractivity contribution is 0.413. The number of hydrogen-bond acceptors (Lipinski definition) is 2. The maximum absolute atomic E-state index is 11.9. The summed E-state index contributed by atoms with van der Waals surface area (Å²) in [5.74, 6) is 0.296. The quantitative estimate of drug-likeness (QED) is 0.622. The molecule has 0 unspecified atom stereocenters. The number of allylic oxidation sites excluding steroid dienone is 3. The molecule has 1 aromatic carbocycles. The lowest BCUT2D eigenvalue weighted by atomic mass is 9.63. The standard InChI is InChI=1S/C24H24N2O/c1-3-20-19-14-17(2)16-24(20,21-11-12-23(27)26-22(21)15-19)25-13-7-10-18-8-5-4-6-9-18/h3-14,19H,15-16H2,1-2H3,(H,26,27)/b10-7+,20-3+,25-13?/t19-,24+/m0/s1. The number of benzene rings is 1. The van der Waals surface area contributed by atoms with Gasteiger partial charge in [0, 0.05) is 35.9 Å². The van der Waals surface area contributed by atoms with Crippen molar-refractivity contribution in [2.75, 3.05) is 0 Å². The molecule has 0 spiro atoms. The Hall–Kier alpha value is -2.94. The number of H-pyrrole nitrogens is 1. The summed E-state index contributed by atoms with van der Waals surface area (Å²) in [7, 11) is 0. The van der Waals surface area contributed by atoms with Crippen molar-refractivity contribution in [3.8, 4) is 0 Å². The molecule has 2 bridgehead atoms. The molecule has 0 aliphatic heterocycles. The molecule has 2 aromatic rings. The minimum Gasteiger partial charge on any atom is -0.326 e. The number of nitrogens with zero attached hydrogens (tertiary/aromatic N) is 1. The van der Waals surface area contributed by atoms with Crippen LogP contribution in [0, 0.1) is 5.92 Å². The van der Waals surface area contributed by atoms with E-state index in [0.29, 0.717) is 5.92 Å². The molecule has 2 aliphatic carbocycles. The Balaban J connectivity index is 1.79. The van der Waals surface area contributed by atoms with Crippen molar-refractivity contribution in [3.63, 3.8) is 0 Å². The van der Waals surface area contributed by atoms with Crippen LogP contribution in [-0.2, 0) is 12.0 Å². The van der Waals surface area contributed by atoms with Gasteiger partial charge < -0.3 is 4.98 Å². The molecular weight excluding hydrogens is 332 g/mol. The summed E-state index contributed by atoms with van der Waals surface area (Å²) in [6.07, 6.45) is 12.2. The molecule has 3 nitrogen and oxygen atoms in total. The molecule has 0 saturated carbocycles. The molecule has 0 amide bonds. The average Bonchev–Trinajstić information content (AvgIpc) is 2.65. The van der Waals surface area contributed by atoms with Gasteiger partial charge in [0.25, 0.3) is 0 Å². The Labute approximate surface area is 159 Å². The van der Waals surface area contributed by atoms with Crippen LogP contribution in [0.2, 0.25) is 0 Å². The number of aromatic nitrogens is 1. The van der Waals surface area contributed by atoms with E-state index in [1.54, 1.807) is 6.07 Å². The average molecular weight is 356 g/mol. The molecule has 2 atom stereocenters. The molecule has 0 radical (unpaired) electrons. The fourth-order valence-electron chi connectivity index (χ4n) is 4.54. The number of pyridine rings is 1. The van der Waals surface area contributed by atoms with Crippen molar-refractivity contribution in [3.05, 3.63) is 99.0 Å². The zero-order chi connectivity index (χ0) is 18.9. The highest BCUT2D eigenvalue weighted by Gasteiger charge is 2.46. The fraction of sp³-hybridized carbons (Fsp3) is 0.250. The van der Waals surface area contributed by atoms with Gasteiger partial charge in [-0.2, -0.15) is 0 Å². The van der Waals surface area contributed by atoms with Gasteiger partial charge >= 0.3 is 0 Å². The monoisotopic (exact) mass is 356 g/mol. The largest absolute Gasteiger partial charge is 0.326 e. The third-order valence-electron chi connectivity index (χ3n) is 5.55. The Morgan fingerprint density at radius 3 is 2.78 bits per heavy atom. The van der Waals surface area contributed by atoms with Crippen molar-refractivity contribution in [2.45, 2.75) is 32.2 Å². The van der Waals surface area contributed by atoms with E-state index >= 15 is 0 Å². The van der Waals surface area contributed by atoms with E-state index in [1.165, 1.54) is 11.1 Å². The van der Waals surface area contributed by atoms with E-state index in [-0.39, 0.29) is 5.56 Å². The Bertz CT molecular complexity index is 1020. The highest BCUT2D eigenvalue weighted by molar-refractivity contribution is 5.79. The van der Waals surface area contributed by atoms with Crippen LogP contribution in [0.5, 0.6) is 0 Å². The Morgan fingerprint density at radius 1 is 1.19 bits per heavy atom. The topological polar surface area (TPSA) is 45.2 Å². The maximum Gasteiger partial charge on any atom is 0.248 e. The number of nitrogens with one attached hydrogen (secondary N) is 1. The summed E-state index contributed by atoms with van der Waals surface area (Å²) < 4.78 is 0. The van der Waals surface area contributed by atoms with Gasteiger partial charge in [0.05, 0.1) is 0 Å². The van der Waals surface area contributed by atoms with Crippen molar-refractivity contribution >= 4 is 12.3 Å². The van der Waals surface area contributed by atoms with Gasteiger partial charge in [-0.1, -0.05) is 54.1 Å². The summed E-state index contributed by atoms with van der Waals surface area (Å²) in [6, 6.07) is 13.8. The van der Waals surface area contributed by atoms with Gasteiger partial charge in [0.1, 0.15) is 5.54 Å². The van der Waals surface area contributed by atoms with Crippen LogP contribution >= 0.6 is 0 Å². The second-order valence-electron chi connectivity index (χ2n) is 7.37. The first-order valence-corrected chi connectivity index (χ1v) is 9.46. The van der Waals surface area contributed by atoms with Crippen LogP contribution in [0.3, 0.4) is 0 Å². The first-order chi connectivity index (χ1) is 13.1. The molecule has 0 fully saturated rings. The first-order valence-electron chi connectivity index (χ1n) is 9.46. The first kappa shape index (κ1) is 17.5. The highest BCUT2D eigenvalue weighted by atomic mass is 16.1. The lowest BCUT2D eigenvalue weighted by Gasteiger charge is -2.45. The van der Waals surface area contributed by atoms with Gasteiger partial charge in [-0.3, -0.25) is 9.79 Å². The summed E-state index contributed by atoms with van der Waals surface area (Å²) in [5.41, 5.74) is 5.52. The van der Waals surface area contributed by atoms with E-state index in [9.17, 15) is 4.79 Å². The van der Waals surface area contributed by atoms with E-state index in [2.05, 4.69) is 49.2 Å². The highest BCUT2D eigenvalue weighted by Crippen LogP contribution is 2.51. The third kappa shape index (κ3) is 3.14. The fourth-order valence-corrected chi connectivity index (χ4v) is 4.54. The minimum atomic E-state index is -0.420.